The van der Waals surface area contributed by atoms with Crippen molar-refractivity contribution in [3.63, 3.8) is 0 Å². The number of aromatic hydroxyl groups is 1. The first-order valence-electron chi connectivity index (χ1n) is 6.72. The second-order valence-corrected chi connectivity index (χ2v) is 4.88. The molecule has 0 bridgehead atoms. The molecule has 104 valence electrons. The van der Waals surface area contributed by atoms with Crippen LogP contribution in [0.3, 0.4) is 0 Å². The van der Waals surface area contributed by atoms with Gasteiger partial charge in [0.05, 0.1) is 5.56 Å². The van der Waals surface area contributed by atoms with Crippen LogP contribution in [0.1, 0.15) is 10.4 Å². The number of hydrogen-bond donors (Lipinski definition) is 1. The highest BCUT2D eigenvalue weighted by atomic mass is 16.3. The third kappa shape index (κ3) is 2.34. The number of carbonyl (C=O) groups is 1. The molecule has 0 fully saturated rings. The Morgan fingerprint density at radius 2 is 1.57 bits per heavy atom. The summed E-state index contributed by atoms with van der Waals surface area (Å²) in [4.78, 5) is 14.3. The average molecular weight is 277 g/mol. The van der Waals surface area contributed by atoms with Crippen molar-refractivity contribution in [1.29, 1.82) is 0 Å². The Kier molecular flexibility index (Phi) is 3.32. The predicted molar refractivity (Wildman–Crippen MR) is 84.8 cm³/mol. The monoisotopic (exact) mass is 277 g/mol. The van der Waals surface area contributed by atoms with Crippen molar-refractivity contribution in [2.75, 3.05) is 11.9 Å². The molecule has 0 aliphatic heterocycles. The number of rotatable bonds is 2. The summed E-state index contributed by atoms with van der Waals surface area (Å²) < 4.78 is 0. The molecule has 1 amide bonds. The van der Waals surface area contributed by atoms with Crippen LogP contribution in [-0.4, -0.2) is 18.1 Å². The highest BCUT2D eigenvalue weighted by molar-refractivity contribution is 6.15. The average Bonchev–Trinajstić information content (AvgIpc) is 2.54. The molecule has 3 aromatic rings. The molecule has 1 N–H and O–H groups in total. The minimum absolute atomic E-state index is 0.00137. The minimum atomic E-state index is -0.226. The maximum absolute atomic E-state index is 12.7. The van der Waals surface area contributed by atoms with Gasteiger partial charge in [-0.1, -0.05) is 48.5 Å². The Labute approximate surface area is 123 Å². The van der Waals surface area contributed by atoms with E-state index in [9.17, 15) is 9.90 Å². The van der Waals surface area contributed by atoms with E-state index >= 15 is 0 Å². The number of nitrogens with zero attached hydrogens (tertiary/aromatic N) is 1. The fraction of sp³-hybridized carbons (Fsp3) is 0.0556. The van der Waals surface area contributed by atoms with Crippen LogP contribution in [0, 0.1) is 0 Å². The molecule has 3 rings (SSSR count). The molecular weight excluding hydrogens is 262 g/mol. The summed E-state index contributed by atoms with van der Waals surface area (Å²) >= 11 is 0. The number of fused-ring (bicyclic) bond motifs is 1. The molecule has 3 nitrogen and oxygen atoms in total. The number of benzene rings is 3. The van der Waals surface area contributed by atoms with Crippen molar-refractivity contribution in [3.8, 4) is 5.75 Å². The van der Waals surface area contributed by atoms with E-state index in [2.05, 4.69) is 0 Å². The first kappa shape index (κ1) is 13.2. The minimum Gasteiger partial charge on any atom is -0.507 e. The Morgan fingerprint density at radius 1 is 0.905 bits per heavy atom. The zero-order chi connectivity index (χ0) is 14.8. The topological polar surface area (TPSA) is 40.5 Å². The number of para-hydroxylation sites is 1. The number of hydrogen-bond acceptors (Lipinski definition) is 2. The molecule has 3 heteroatoms. The van der Waals surface area contributed by atoms with Gasteiger partial charge >= 0.3 is 0 Å². The predicted octanol–water partition coefficient (Wildman–Crippen LogP) is 3.82. The molecule has 0 atom stereocenters. The molecule has 0 saturated heterocycles. The Hall–Kier alpha value is -2.81. The summed E-state index contributed by atoms with van der Waals surface area (Å²) in [5.41, 5.74) is 1.12. The van der Waals surface area contributed by atoms with Crippen molar-refractivity contribution < 1.29 is 9.90 Å². The molecule has 0 aromatic heterocycles. The molecule has 3 aromatic carbocycles. The lowest BCUT2D eigenvalue weighted by Crippen LogP contribution is -2.26. The van der Waals surface area contributed by atoms with Gasteiger partial charge in [0.15, 0.2) is 0 Å². The van der Waals surface area contributed by atoms with E-state index in [-0.39, 0.29) is 11.7 Å². The fourth-order valence-corrected chi connectivity index (χ4v) is 2.42. The van der Waals surface area contributed by atoms with E-state index in [4.69, 9.17) is 0 Å². The molecule has 0 aliphatic rings. The van der Waals surface area contributed by atoms with Crippen LogP contribution in [0.4, 0.5) is 5.69 Å². The zero-order valence-electron chi connectivity index (χ0n) is 11.7. The van der Waals surface area contributed by atoms with Crippen molar-refractivity contribution in [1.82, 2.24) is 0 Å². The molecule has 0 unspecified atom stereocenters. The maximum Gasteiger partial charge on any atom is 0.262 e. The van der Waals surface area contributed by atoms with Crippen molar-refractivity contribution in [2.24, 2.45) is 0 Å². The maximum atomic E-state index is 12.7. The lowest BCUT2D eigenvalue weighted by Gasteiger charge is -2.19. The van der Waals surface area contributed by atoms with Crippen LogP contribution >= 0.6 is 0 Å². The summed E-state index contributed by atoms with van der Waals surface area (Å²) in [5.74, 6) is -0.225. The van der Waals surface area contributed by atoms with Gasteiger partial charge in [0.2, 0.25) is 0 Å². The van der Waals surface area contributed by atoms with Gasteiger partial charge in [0.25, 0.3) is 5.91 Å². The summed E-state index contributed by atoms with van der Waals surface area (Å²) in [6, 6.07) is 20.3. The van der Waals surface area contributed by atoms with Crippen molar-refractivity contribution >= 4 is 22.4 Å². The first-order valence-corrected chi connectivity index (χ1v) is 6.72. The third-order valence-electron chi connectivity index (χ3n) is 3.57. The Balaban J connectivity index is 2.12. The Bertz CT molecular complexity index is 797. The molecule has 0 saturated carbocycles. The number of phenols is 1. The van der Waals surface area contributed by atoms with Gasteiger partial charge in [-0.3, -0.25) is 4.79 Å². The van der Waals surface area contributed by atoms with Crippen LogP contribution in [0.25, 0.3) is 10.8 Å². The largest absolute Gasteiger partial charge is 0.507 e. The SMILES string of the molecule is CN(C(=O)c1c(O)ccc2ccccc12)c1ccccc1. The van der Waals surface area contributed by atoms with Gasteiger partial charge < -0.3 is 10.0 Å². The van der Waals surface area contributed by atoms with E-state index < -0.39 is 0 Å². The van der Waals surface area contributed by atoms with Gasteiger partial charge in [-0.15, -0.1) is 0 Å². The molecule has 0 radical (unpaired) electrons. The number of anilines is 1. The zero-order valence-corrected chi connectivity index (χ0v) is 11.7. The van der Waals surface area contributed by atoms with E-state index in [0.717, 1.165) is 16.5 Å². The fourth-order valence-electron chi connectivity index (χ4n) is 2.42. The molecule has 0 heterocycles. The van der Waals surface area contributed by atoms with Crippen LogP contribution < -0.4 is 4.90 Å². The van der Waals surface area contributed by atoms with E-state index in [1.165, 1.54) is 0 Å². The normalized spacial score (nSPS) is 10.5. The van der Waals surface area contributed by atoms with E-state index in [1.54, 1.807) is 18.0 Å². The van der Waals surface area contributed by atoms with Crippen LogP contribution in [0.2, 0.25) is 0 Å². The van der Waals surface area contributed by atoms with Gasteiger partial charge in [-0.2, -0.15) is 0 Å². The lowest BCUT2D eigenvalue weighted by molar-refractivity contribution is 0.0992. The van der Waals surface area contributed by atoms with Gasteiger partial charge in [-0.05, 0) is 29.0 Å². The van der Waals surface area contributed by atoms with E-state index in [0.29, 0.717) is 5.56 Å². The van der Waals surface area contributed by atoms with Gasteiger partial charge in [0.1, 0.15) is 5.75 Å². The van der Waals surface area contributed by atoms with Crippen molar-refractivity contribution in [2.45, 2.75) is 0 Å². The molecular formula is C18H15NO2. The Morgan fingerprint density at radius 3 is 2.33 bits per heavy atom. The number of amides is 1. The molecule has 0 spiro atoms. The van der Waals surface area contributed by atoms with Crippen LogP contribution in [0.5, 0.6) is 5.75 Å². The smallest absolute Gasteiger partial charge is 0.262 e. The van der Waals surface area contributed by atoms with Gasteiger partial charge in [-0.25, -0.2) is 0 Å². The molecule has 21 heavy (non-hydrogen) atoms. The summed E-state index contributed by atoms with van der Waals surface area (Å²) in [6.07, 6.45) is 0. The van der Waals surface area contributed by atoms with Gasteiger partial charge in [0, 0.05) is 12.7 Å². The van der Waals surface area contributed by atoms with Crippen LogP contribution in [0.15, 0.2) is 66.7 Å². The summed E-state index contributed by atoms with van der Waals surface area (Å²) in [7, 11) is 1.71. The number of phenolic OH excluding ortho intramolecular Hbond substituents is 1. The third-order valence-corrected chi connectivity index (χ3v) is 3.57. The summed E-state index contributed by atoms with van der Waals surface area (Å²) in [5, 5.41) is 11.8. The second-order valence-electron chi connectivity index (χ2n) is 4.88. The highest BCUT2D eigenvalue weighted by Gasteiger charge is 2.19. The molecule has 0 aliphatic carbocycles. The van der Waals surface area contributed by atoms with Crippen LogP contribution in [-0.2, 0) is 0 Å². The lowest BCUT2D eigenvalue weighted by atomic mass is 10.0. The number of carbonyl (C=O) groups excluding carboxylic acids is 1. The highest BCUT2D eigenvalue weighted by Crippen LogP contribution is 2.29. The second kappa shape index (κ2) is 5.29. The van der Waals surface area contributed by atoms with Crippen molar-refractivity contribution in [3.05, 3.63) is 72.3 Å². The first-order chi connectivity index (χ1) is 10.2. The summed E-state index contributed by atoms with van der Waals surface area (Å²) in [6.45, 7) is 0. The standard InChI is InChI=1S/C18H15NO2/c1-19(14-8-3-2-4-9-14)18(21)17-15-10-6-5-7-13(15)11-12-16(17)20/h2-12,20H,1H3. The van der Waals surface area contributed by atoms with E-state index in [1.807, 2.05) is 60.7 Å². The quantitative estimate of drug-likeness (QED) is 0.773.